The van der Waals surface area contributed by atoms with E-state index in [1.165, 1.54) is 0 Å². The highest BCUT2D eigenvalue weighted by Crippen LogP contribution is 2.16. The highest BCUT2D eigenvalue weighted by molar-refractivity contribution is 7.07. The Morgan fingerprint density at radius 1 is 1.32 bits per heavy atom. The van der Waals surface area contributed by atoms with Crippen LogP contribution < -0.4 is 5.32 Å². The number of carbonyl (C=O) groups excluding carboxylic acids is 1. The fourth-order valence-corrected chi connectivity index (χ4v) is 2.97. The summed E-state index contributed by atoms with van der Waals surface area (Å²) in [5.74, 6) is 0.0459. The van der Waals surface area contributed by atoms with Crippen molar-refractivity contribution in [2.45, 2.75) is 19.4 Å². The summed E-state index contributed by atoms with van der Waals surface area (Å²) in [6.07, 6.45) is 5.85. The van der Waals surface area contributed by atoms with Crippen molar-refractivity contribution in [2.24, 2.45) is 0 Å². The molecule has 1 aromatic carbocycles. The van der Waals surface area contributed by atoms with Gasteiger partial charge in [0, 0.05) is 18.1 Å². The van der Waals surface area contributed by atoms with E-state index < -0.39 is 0 Å². The number of carbonyl (C=O) groups is 1. The molecule has 22 heavy (non-hydrogen) atoms. The molecule has 0 saturated heterocycles. The Morgan fingerprint density at radius 2 is 2.14 bits per heavy atom. The molecular formula is C17H17N3OS. The number of amides is 1. The first-order valence-electron chi connectivity index (χ1n) is 7.11. The first kappa shape index (κ1) is 14.5. The molecule has 2 aromatic heterocycles. The summed E-state index contributed by atoms with van der Waals surface area (Å²) >= 11 is 1.61. The molecule has 5 heteroatoms. The second kappa shape index (κ2) is 6.58. The SMILES string of the molecule is CC(NC(=O)Cc1ccsc1)c1ccc(-n2ccnc2)cc1. The number of thiophene rings is 1. The quantitative estimate of drug-likeness (QED) is 0.785. The number of hydrogen-bond acceptors (Lipinski definition) is 3. The predicted molar refractivity (Wildman–Crippen MR) is 88.1 cm³/mol. The zero-order valence-corrected chi connectivity index (χ0v) is 13.1. The minimum absolute atomic E-state index is 0.0111. The summed E-state index contributed by atoms with van der Waals surface area (Å²) in [5, 5.41) is 7.03. The first-order valence-corrected chi connectivity index (χ1v) is 8.05. The largest absolute Gasteiger partial charge is 0.349 e. The summed E-state index contributed by atoms with van der Waals surface area (Å²) in [5.41, 5.74) is 3.20. The van der Waals surface area contributed by atoms with Gasteiger partial charge in [0.25, 0.3) is 0 Å². The molecule has 0 aliphatic rings. The molecule has 0 aliphatic carbocycles. The maximum absolute atomic E-state index is 12.0. The molecular weight excluding hydrogens is 294 g/mol. The number of rotatable bonds is 5. The lowest BCUT2D eigenvalue weighted by Crippen LogP contribution is -2.27. The lowest BCUT2D eigenvalue weighted by molar-refractivity contribution is -0.121. The van der Waals surface area contributed by atoms with Crippen LogP contribution in [0.3, 0.4) is 0 Å². The average molecular weight is 311 g/mol. The summed E-state index contributed by atoms with van der Waals surface area (Å²) < 4.78 is 1.95. The molecule has 0 spiro atoms. The normalized spacial score (nSPS) is 12.0. The van der Waals surface area contributed by atoms with Gasteiger partial charge in [-0.15, -0.1) is 0 Å². The van der Waals surface area contributed by atoms with Gasteiger partial charge in [-0.05, 0) is 47.0 Å². The molecule has 0 fully saturated rings. The van der Waals surface area contributed by atoms with Crippen LogP contribution in [0.1, 0.15) is 24.1 Å². The van der Waals surface area contributed by atoms with E-state index in [4.69, 9.17) is 0 Å². The topological polar surface area (TPSA) is 46.9 Å². The summed E-state index contributed by atoms with van der Waals surface area (Å²) in [6, 6.07) is 10.1. The minimum Gasteiger partial charge on any atom is -0.349 e. The summed E-state index contributed by atoms with van der Waals surface area (Å²) in [4.78, 5) is 16.1. The monoisotopic (exact) mass is 311 g/mol. The predicted octanol–water partition coefficient (Wildman–Crippen LogP) is 3.35. The molecule has 0 saturated carbocycles. The average Bonchev–Trinajstić information content (AvgIpc) is 3.20. The third kappa shape index (κ3) is 3.43. The maximum Gasteiger partial charge on any atom is 0.224 e. The van der Waals surface area contributed by atoms with Crippen LogP contribution in [0, 0.1) is 0 Å². The number of nitrogens with zero attached hydrogens (tertiary/aromatic N) is 2. The Hall–Kier alpha value is -2.40. The smallest absolute Gasteiger partial charge is 0.224 e. The van der Waals surface area contributed by atoms with Gasteiger partial charge in [-0.3, -0.25) is 4.79 Å². The van der Waals surface area contributed by atoms with E-state index in [2.05, 4.69) is 10.3 Å². The zero-order chi connectivity index (χ0) is 15.4. The van der Waals surface area contributed by atoms with Crippen molar-refractivity contribution >= 4 is 17.2 Å². The fraction of sp³-hybridized carbons (Fsp3) is 0.176. The van der Waals surface area contributed by atoms with Crippen LogP contribution in [0.15, 0.2) is 59.8 Å². The van der Waals surface area contributed by atoms with Crippen molar-refractivity contribution < 1.29 is 4.79 Å². The van der Waals surface area contributed by atoms with Crippen LogP contribution in [0.25, 0.3) is 5.69 Å². The molecule has 2 heterocycles. The van der Waals surface area contributed by atoms with Crippen molar-refractivity contribution in [2.75, 3.05) is 0 Å². The van der Waals surface area contributed by atoms with Crippen molar-refractivity contribution in [1.82, 2.24) is 14.9 Å². The minimum atomic E-state index is -0.0111. The van der Waals surface area contributed by atoms with E-state index >= 15 is 0 Å². The number of benzene rings is 1. The third-order valence-electron chi connectivity index (χ3n) is 3.52. The van der Waals surface area contributed by atoms with E-state index in [0.29, 0.717) is 6.42 Å². The summed E-state index contributed by atoms with van der Waals surface area (Å²) in [6.45, 7) is 2.00. The molecule has 1 amide bonds. The highest BCUT2D eigenvalue weighted by Gasteiger charge is 2.10. The van der Waals surface area contributed by atoms with Crippen molar-refractivity contribution in [3.63, 3.8) is 0 Å². The summed E-state index contributed by atoms with van der Waals surface area (Å²) in [7, 11) is 0. The van der Waals surface area contributed by atoms with Gasteiger partial charge >= 0.3 is 0 Å². The Labute approximate surface area is 133 Å². The second-order valence-electron chi connectivity index (χ2n) is 5.16. The van der Waals surface area contributed by atoms with Crippen LogP contribution in [-0.2, 0) is 11.2 Å². The van der Waals surface area contributed by atoms with Crippen LogP contribution in [0.5, 0.6) is 0 Å². The molecule has 1 atom stereocenters. The van der Waals surface area contributed by atoms with Crippen LogP contribution in [0.4, 0.5) is 0 Å². The van der Waals surface area contributed by atoms with Gasteiger partial charge in [0.05, 0.1) is 18.8 Å². The van der Waals surface area contributed by atoms with Crippen molar-refractivity contribution in [1.29, 1.82) is 0 Å². The van der Waals surface area contributed by atoms with E-state index in [0.717, 1.165) is 16.8 Å². The van der Waals surface area contributed by atoms with Crippen molar-refractivity contribution in [3.05, 3.63) is 70.9 Å². The molecule has 3 aromatic rings. The van der Waals surface area contributed by atoms with Gasteiger partial charge in [0.2, 0.25) is 5.91 Å². The van der Waals surface area contributed by atoms with Gasteiger partial charge in [-0.2, -0.15) is 11.3 Å². The molecule has 0 bridgehead atoms. The molecule has 4 nitrogen and oxygen atoms in total. The van der Waals surface area contributed by atoms with E-state index in [-0.39, 0.29) is 11.9 Å². The molecule has 3 rings (SSSR count). The van der Waals surface area contributed by atoms with Gasteiger partial charge in [0.1, 0.15) is 0 Å². The van der Waals surface area contributed by atoms with E-state index in [1.54, 1.807) is 23.9 Å². The molecule has 112 valence electrons. The Morgan fingerprint density at radius 3 is 2.77 bits per heavy atom. The number of hydrogen-bond donors (Lipinski definition) is 1. The van der Waals surface area contributed by atoms with Gasteiger partial charge in [-0.1, -0.05) is 12.1 Å². The van der Waals surface area contributed by atoms with Crippen molar-refractivity contribution in [3.8, 4) is 5.69 Å². The first-order chi connectivity index (χ1) is 10.7. The Kier molecular flexibility index (Phi) is 4.34. The third-order valence-corrected chi connectivity index (χ3v) is 4.25. The fourth-order valence-electron chi connectivity index (χ4n) is 2.30. The van der Waals surface area contributed by atoms with Crippen LogP contribution in [0.2, 0.25) is 0 Å². The molecule has 0 radical (unpaired) electrons. The number of aromatic nitrogens is 2. The van der Waals surface area contributed by atoms with E-state index in [1.807, 2.05) is 58.8 Å². The van der Waals surface area contributed by atoms with Crippen LogP contribution in [-0.4, -0.2) is 15.5 Å². The Balaban J connectivity index is 1.62. The van der Waals surface area contributed by atoms with Gasteiger partial charge < -0.3 is 9.88 Å². The molecule has 1 N–H and O–H groups in total. The molecule has 1 unspecified atom stereocenters. The van der Waals surface area contributed by atoms with Gasteiger partial charge in [-0.25, -0.2) is 4.98 Å². The lowest BCUT2D eigenvalue weighted by atomic mass is 10.1. The molecule has 0 aliphatic heterocycles. The number of nitrogens with one attached hydrogen (secondary N) is 1. The van der Waals surface area contributed by atoms with Crippen LogP contribution >= 0.6 is 11.3 Å². The standard InChI is InChI=1S/C17H17N3OS/c1-13(19-17(21)10-14-6-9-22-11-14)15-2-4-16(5-3-15)20-8-7-18-12-20/h2-9,11-13H,10H2,1H3,(H,19,21). The number of imidazole rings is 1. The highest BCUT2D eigenvalue weighted by atomic mass is 32.1. The maximum atomic E-state index is 12.0. The Bertz CT molecular complexity index is 718. The van der Waals surface area contributed by atoms with Gasteiger partial charge in [0.15, 0.2) is 0 Å². The second-order valence-corrected chi connectivity index (χ2v) is 5.94. The lowest BCUT2D eigenvalue weighted by Gasteiger charge is -2.15. The zero-order valence-electron chi connectivity index (χ0n) is 12.3. The van der Waals surface area contributed by atoms with E-state index in [9.17, 15) is 4.79 Å².